The maximum atomic E-state index is 5.78. The number of anilines is 1. The molecule has 0 aliphatic carbocycles. The lowest BCUT2D eigenvalue weighted by Gasteiger charge is -2.26. The van der Waals surface area contributed by atoms with Crippen LogP contribution >= 0.6 is 0 Å². The average molecular weight is 364 g/mol. The molecule has 1 aliphatic heterocycles. The quantitative estimate of drug-likeness (QED) is 0.728. The number of aromatic nitrogens is 3. The first-order valence-corrected chi connectivity index (χ1v) is 9.74. The summed E-state index contributed by atoms with van der Waals surface area (Å²) in [5.74, 6) is 1.34. The molecule has 27 heavy (non-hydrogen) atoms. The predicted molar refractivity (Wildman–Crippen MR) is 109 cm³/mol. The van der Waals surface area contributed by atoms with E-state index in [1.807, 2.05) is 6.20 Å². The molecule has 1 aliphatic rings. The zero-order chi connectivity index (χ0) is 18.6. The number of nitrogens with one attached hydrogen (secondary N) is 1. The number of fused-ring (bicyclic) bond motifs is 1. The summed E-state index contributed by atoms with van der Waals surface area (Å²) in [5, 5.41) is 1.34. The van der Waals surface area contributed by atoms with Gasteiger partial charge in [-0.25, -0.2) is 9.97 Å². The van der Waals surface area contributed by atoms with Crippen molar-refractivity contribution in [2.75, 3.05) is 25.9 Å². The highest BCUT2D eigenvalue weighted by Crippen LogP contribution is 2.22. The predicted octanol–water partition coefficient (Wildman–Crippen LogP) is 3.03. The fraction of sp³-hybridized carbons (Fsp3) is 0.429. The van der Waals surface area contributed by atoms with Crippen molar-refractivity contribution < 1.29 is 0 Å². The molecule has 3 N–H and O–H groups in total. The first-order chi connectivity index (χ1) is 13.2. The van der Waals surface area contributed by atoms with Crippen LogP contribution in [0.25, 0.3) is 10.9 Å². The van der Waals surface area contributed by atoms with Gasteiger partial charge in [-0.2, -0.15) is 0 Å². The van der Waals surface area contributed by atoms with Gasteiger partial charge in [0.25, 0.3) is 0 Å². The molecule has 0 saturated carbocycles. The third-order valence-electron chi connectivity index (χ3n) is 5.61. The maximum Gasteiger partial charge on any atom is 0.144 e. The molecule has 1 aromatic carbocycles. The van der Waals surface area contributed by atoms with Crippen molar-refractivity contribution in [1.82, 2.24) is 24.8 Å². The summed E-state index contributed by atoms with van der Waals surface area (Å²) in [4.78, 5) is 17.0. The standard InChI is InChI=1S/C21H28N6/c1-26(15-21-24-11-8-20(22)25-21)17-5-3-12-27(13-9-17)14-16-4-2-6-19-18(16)7-10-23-19/h2,4,6-8,10-11,17,23H,3,5,9,12-15H2,1H3,(H2,22,24,25)/t17-/m1/s1. The Balaban J connectivity index is 1.36. The van der Waals surface area contributed by atoms with Crippen molar-refractivity contribution in [3.05, 3.63) is 54.1 Å². The van der Waals surface area contributed by atoms with Gasteiger partial charge in [0, 0.05) is 35.9 Å². The van der Waals surface area contributed by atoms with Gasteiger partial charge in [-0.05, 0) is 63.2 Å². The van der Waals surface area contributed by atoms with Crippen molar-refractivity contribution in [2.24, 2.45) is 0 Å². The second-order valence-electron chi connectivity index (χ2n) is 7.53. The van der Waals surface area contributed by atoms with Gasteiger partial charge in [0.05, 0.1) is 6.54 Å². The maximum absolute atomic E-state index is 5.78. The van der Waals surface area contributed by atoms with Gasteiger partial charge in [-0.1, -0.05) is 12.1 Å². The molecule has 6 heteroatoms. The zero-order valence-corrected chi connectivity index (χ0v) is 15.9. The summed E-state index contributed by atoms with van der Waals surface area (Å²) in [5.41, 5.74) is 8.42. The van der Waals surface area contributed by atoms with E-state index in [4.69, 9.17) is 5.73 Å². The minimum Gasteiger partial charge on any atom is -0.384 e. The molecule has 0 radical (unpaired) electrons. The van der Waals surface area contributed by atoms with E-state index in [1.54, 1.807) is 12.3 Å². The first kappa shape index (κ1) is 17.9. The molecule has 0 spiro atoms. The van der Waals surface area contributed by atoms with E-state index in [0.717, 1.165) is 32.0 Å². The molecule has 0 amide bonds. The number of aromatic amines is 1. The van der Waals surface area contributed by atoms with E-state index in [-0.39, 0.29) is 0 Å². The Morgan fingerprint density at radius 1 is 1.22 bits per heavy atom. The second-order valence-corrected chi connectivity index (χ2v) is 7.53. The summed E-state index contributed by atoms with van der Waals surface area (Å²) in [6, 6.07) is 11.0. The number of benzene rings is 1. The Morgan fingerprint density at radius 3 is 3.04 bits per heavy atom. The number of hydrogen-bond acceptors (Lipinski definition) is 5. The molecule has 4 rings (SSSR count). The lowest BCUT2D eigenvalue weighted by atomic mass is 10.1. The van der Waals surface area contributed by atoms with Crippen molar-refractivity contribution in [3.8, 4) is 0 Å². The number of H-pyrrole nitrogens is 1. The van der Waals surface area contributed by atoms with Crippen LogP contribution in [0.5, 0.6) is 0 Å². The third-order valence-corrected chi connectivity index (χ3v) is 5.61. The first-order valence-electron chi connectivity index (χ1n) is 9.74. The summed E-state index contributed by atoms with van der Waals surface area (Å²) in [7, 11) is 2.17. The smallest absolute Gasteiger partial charge is 0.144 e. The Morgan fingerprint density at radius 2 is 2.15 bits per heavy atom. The number of nitrogen functional groups attached to an aromatic ring is 1. The Hall–Kier alpha value is -2.44. The molecule has 6 nitrogen and oxygen atoms in total. The Kier molecular flexibility index (Phi) is 5.36. The minimum absolute atomic E-state index is 0.541. The van der Waals surface area contributed by atoms with Gasteiger partial charge in [-0.15, -0.1) is 0 Å². The van der Waals surface area contributed by atoms with E-state index >= 15 is 0 Å². The molecular formula is C21H28N6. The van der Waals surface area contributed by atoms with Crippen LogP contribution in [0.2, 0.25) is 0 Å². The molecule has 142 valence electrons. The van der Waals surface area contributed by atoms with Crippen molar-refractivity contribution in [1.29, 1.82) is 0 Å². The van der Waals surface area contributed by atoms with Gasteiger partial charge in [0.2, 0.25) is 0 Å². The van der Waals surface area contributed by atoms with Gasteiger partial charge in [0.15, 0.2) is 0 Å². The summed E-state index contributed by atoms with van der Waals surface area (Å²) < 4.78 is 0. The van der Waals surface area contributed by atoms with Crippen molar-refractivity contribution in [3.63, 3.8) is 0 Å². The van der Waals surface area contributed by atoms with Gasteiger partial charge >= 0.3 is 0 Å². The van der Waals surface area contributed by atoms with Crippen LogP contribution in [0.1, 0.15) is 30.7 Å². The van der Waals surface area contributed by atoms with Crippen LogP contribution in [-0.4, -0.2) is 50.9 Å². The minimum atomic E-state index is 0.541. The molecule has 0 bridgehead atoms. The molecule has 3 heterocycles. The zero-order valence-electron chi connectivity index (χ0n) is 15.9. The lowest BCUT2D eigenvalue weighted by Crippen LogP contribution is -2.33. The van der Waals surface area contributed by atoms with E-state index in [1.165, 1.54) is 35.7 Å². The number of rotatable bonds is 5. The summed E-state index contributed by atoms with van der Waals surface area (Å²) in [6.45, 7) is 4.04. The Bertz CT molecular complexity index is 889. The van der Waals surface area contributed by atoms with Crippen LogP contribution in [0, 0.1) is 0 Å². The van der Waals surface area contributed by atoms with Gasteiger partial charge in [0.1, 0.15) is 11.6 Å². The average Bonchev–Trinajstić information content (AvgIpc) is 3.02. The molecule has 0 unspecified atom stereocenters. The number of nitrogens with two attached hydrogens (primary N) is 1. The third kappa shape index (κ3) is 4.28. The Labute approximate surface area is 160 Å². The fourth-order valence-electron chi connectivity index (χ4n) is 4.11. The highest BCUT2D eigenvalue weighted by atomic mass is 15.2. The highest BCUT2D eigenvalue weighted by molar-refractivity contribution is 5.82. The normalized spacial score (nSPS) is 18.8. The summed E-state index contributed by atoms with van der Waals surface area (Å²) in [6.07, 6.45) is 7.36. The molecule has 3 aromatic rings. The van der Waals surface area contributed by atoms with E-state index in [9.17, 15) is 0 Å². The SMILES string of the molecule is CN(Cc1nccc(N)n1)[C@@H]1CCCN(Cc2cccc3[nH]ccc23)CC1. The molecule has 1 fully saturated rings. The van der Waals surface area contributed by atoms with Crippen molar-refractivity contribution in [2.45, 2.75) is 38.4 Å². The van der Waals surface area contributed by atoms with Crippen LogP contribution in [0.3, 0.4) is 0 Å². The largest absolute Gasteiger partial charge is 0.384 e. The second kappa shape index (κ2) is 8.06. The fourth-order valence-corrected chi connectivity index (χ4v) is 4.11. The highest BCUT2D eigenvalue weighted by Gasteiger charge is 2.21. The van der Waals surface area contributed by atoms with Crippen LogP contribution in [0.4, 0.5) is 5.82 Å². The molecule has 1 atom stereocenters. The topological polar surface area (TPSA) is 74.1 Å². The van der Waals surface area contributed by atoms with Gasteiger partial charge in [-0.3, -0.25) is 9.80 Å². The molecular weight excluding hydrogens is 336 g/mol. The van der Waals surface area contributed by atoms with E-state index in [0.29, 0.717) is 11.9 Å². The molecule has 1 saturated heterocycles. The molecule has 2 aromatic heterocycles. The van der Waals surface area contributed by atoms with Crippen molar-refractivity contribution >= 4 is 16.7 Å². The van der Waals surface area contributed by atoms with Gasteiger partial charge < -0.3 is 10.7 Å². The number of hydrogen-bond donors (Lipinski definition) is 2. The van der Waals surface area contributed by atoms with Crippen LogP contribution < -0.4 is 5.73 Å². The summed E-state index contributed by atoms with van der Waals surface area (Å²) >= 11 is 0. The van der Waals surface area contributed by atoms with Crippen LogP contribution in [0.15, 0.2) is 42.7 Å². The number of nitrogens with zero attached hydrogens (tertiary/aromatic N) is 4. The number of likely N-dealkylation sites (tertiary alicyclic amines) is 1. The van der Waals surface area contributed by atoms with Crippen LogP contribution in [-0.2, 0) is 13.1 Å². The lowest BCUT2D eigenvalue weighted by molar-refractivity contribution is 0.202. The van der Waals surface area contributed by atoms with E-state index in [2.05, 4.69) is 56.1 Å². The monoisotopic (exact) mass is 364 g/mol. The van der Waals surface area contributed by atoms with E-state index < -0.39 is 0 Å².